The number of nitrogens with one attached hydrogen (secondary N) is 1. The second-order valence-corrected chi connectivity index (χ2v) is 7.14. The number of hydrogen-bond donors (Lipinski definition) is 1. The first-order chi connectivity index (χ1) is 14.6. The van der Waals surface area contributed by atoms with Gasteiger partial charge in [0.1, 0.15) is 5.69 Å². The molecular weight excluding hydrogens is 378 g/mol. The summed E-state index contributed by atoms with van der Waals surface area (Å²) in [7, 11) is 0. The van der Waals surface area contributed by atoms with Gasteiger partial charge in [-0.2, -0.15) is 5.10 Å². The Kier molecular flexibility index (Phi) is 5.75. The van der Waals surface area contributed by atoms with E-state index < -0.39 is 0 Å². The molecule has 1 aliphatic carbocycles. The summed E-state index contributed by atoms with van der Waals surface area (Å²) < 4.78 is 6.58. The van der Waals surface area contributed by atoms with E-state index in [0.29, 0.717) is 23.9 Å². The van der Waals surface area contributed by atoms with Gasteiger partial charge in [-0.25, -0.2) is 9.48 Å². The van der Waals surface area contributed by atoms with E-state index in [1.165, 1.54) is 6.08 Å². The third-order valence-electron chi connectivity index (χ3n) is 4.82. The van der Waals surface area contributed by atoms with E-state index in [0.717, 1.165) is 29.8 Å². The van der Waals surface area contributed by atoms with Gasteiger partial charge in [0.15, 0.2) is 0 Å². The van der Waals surface area contributed by atoms with Gasteiger partial charge in [-0.15, -0.1) is 0 Å². The number of ether oxygens (including phenoxy) is 1. The number of benzene rings is 2. The van der Waals surface area contributed by atoms with E-state index in [4.69, 9.17) is 4.74 Å². The third-order valence-corrected chi connectivity index (χ3v) is 4.82. The van der Waals surface area contributed by atoms with Crippen LogP contribution in [0.3, 0.4) is 0 Å². The Balaban J connectivity index is 1.51. The molecule has 30 heavy (non-hydrogen) atoms. The number of para-hydroxylation sites is 1. The van der Waals surface area contributed by atoms with Crippen LogP contribution in [0.25, 0.3) is 11.8 Å². The van der Waals surface area contributed by atoms with E-state index in [1.54, 1.807) is 29.8 Å². The van der Waals surface area contributed by atoms with Gasteiger partial charge in [0.25, 0.3) is 5.91 Å². The smallest absolute Gasteiger partial charge is 0.330 e. The van der Waals surface area contributed by atoms with Crippen LogP contribution in [0.4, 0.5) is 5.69 Å². The van der Waals surface area contributed by atoms with Gasteiger partial charge in [-0.05, 0) is 61.7 Å². The van der Waals surface area contributed by atoms with Gasteiger partial charge in [0, 0.05) is 17.7 Å². The second kappa shape index (κ2) is 8.78. The summed E-state index contributed by atoms with van der Waals surface area (Å²) in [4.78, 5) is 24.4. The van der Waals surface area contributed by atoms with E-state index >= 15 is 0 Å². The van der Waals surface area contributed by atoms with Crippen LogP contribution >= 0.6 is 0 Å². The molecule has 1 heterocycles. The van der Waals surface area contributed by atoms with Crippen molar-refractivity contribution >= 4 is 23.6 Å². The molecule has 1 aliphatic rings. The van der Waals surface area contributed by atoms with Crippen molar-refractivity contribution in [3.05, 3.63) is 83.7 Å². The van der Waals surface area contributed by atoms with Gasteiger partial charge < -0.3 is 10.1 Å². The van der Waals surface area contributed by atoms with Crippen molar-refractivity contribution in [1.82, 2.24) is 9.78 Å². The van der Waals surface area contributed by atoms with E-state index in [-0.39, 0.29) is 11.9 Å². The molecule has 2 aromatic carbocycles. The number of hydrogen-bond acceptors (Lipinski definition) is 4. The molecule has 0 spiro atoms. The molecule has 1 aromatic heterocycles. The Morgan fingerprint density at radius 1 is 1.13 bits per heavy atom. The normalized spacial score (nSPS) is 13.4. The Bertz CT molecular complexity index is 1060. The Morgan fingerprint density at radius 3 is 2.53 bits per heavy atom. The molecule has 4 rings (SSSR count). The molecule has 0 bridgehead atoms. The quantitative estimate of drug-likeness (QED) is 0.465. The minimum Gasteiger partial charge on any atom is -0.463 e. The number of aromatic nitrogens is 2. The fraction of sp³-hybridized carbons (Fsp3) is 0.208. The van der Waals surface area contributed by atoms with E-state index in [2.05, 4.69) is 10.4 Å². The summed E-state index contributed by atoms with van der Waals surface area (Å²) in [5, 5.41) is 7.62. The molecular formula is C24H23N3O3. The number of anilines is 1. The Hall–Kier alpha value is -3.67. The van der Waals surface area contributed by atoms with Crippen molar-refractivity contribution in [3.8, 4) is 5.69 Å². The number of rotatable bonds is 7. The number of carbonyl (C=O) groups excluding carboxylic acids is 2. The average molecular weight is 401 g/mol. The van der Waals surface area contributed by atoms with Crippen LogP contribution in [0.5, 0.6) is 0 Å². The summed E-state index contributed by atoms with van der Waals surface area (Å²) >= 11 is 0. The largest absolute Gasteiger partial charge is 0.463 e. The topological polar surface area (TPSA) is 73.2 Å². The van der Waals surface area contributed by atoms with Crippen LogP contribution in [0, 0.1) is 0 Å². The molecule has 3 aromatic rings. The number of amides is 1. The lowest BCUT2D eigenvalue weighted by Gasteiger charge is -2.08. The van der Waals surface area contributed by atoms with E-state index in [1.807, 2.05) is 48.5 Å². The van der Waals surface area contributed by atoms with Gasteiger partial charge in [0.2, 0.25) is 0 Å². The summed E-state index contributed by atoms with van der Waals surface area (Å²) in [6.07, 6.45) is 5.30. The van der Waals surface area contributed by atoms with Gasteiger partial charge in [-0.1, -0.05) is 30.3 Å². The minimum absolute atomic E-state index is 0.215. The average Bonchev–Trinajstić information content (AvgIpc) is 3.52. The first-order valence-electron chi connectivity index (χ1n) is 10.1. The summed E-state index contributed by atoms with van der Waals surface area (Å²) in [5.41, 5.74) is 3.83. The van der Waals surface area contributed by atoms with Crippen molar-refractivity contribution in [2.75, 3.05) is 11.9 Å². The Morgan fingerprint density at radius 2 is 1.87 bits per heavy atom. The van der Waals surface area contributed by atoms with E-state index in [9.17, 15) is 9.59 Å². The molecule has 152 valence electrons. The molecule has 0 radical (unpaired) electrons. The van der Waals surface area contributed by atoms with Crippen LogP contribution in [-0.4, -0.2) is 28.3 Å². The predicted octanol–water partition coefficient (Wildman–Crippen LogP) is 4.58. The molecule has 0 aliphatic heterocycles. The van der Waals surface area contributed by atoms with Crippen molar-refractivity contribution in [1.29, 1.82) is 0 Å². The van der Waals surface area contributed by atoms with Crippen molar-refractivity contribution in [2.24, 2.45) is 0 Å². The first-order valence-corrected chi connectivity index (χ1v) is 10.1. The Labute approximate surface area is 175 Å². The number of esters is 1. The molecule has 0 atom stereocenters. The molecule has 6 nitrogen and oxygen atoms in total. The molecule has 1 fully saturated rings. The highest BCUT2D eigenvalue weighted by Crippen LogP contribution is 2.39. The molecule has 6 heteroatoms. The predicted molar refractivity (Wildman–Crippen MR) is 116 cm³/mol. The maximum absolute atomic E-state index is 13.0. The SMILES string of the molecule is CCOC(=O)/C=C/c1ccc(NC(=O)c2cc(C3CC3)nn2-c2ccccc2)cc1. The molecule has 1 saturated carbocycles. The van der Waals surface area contributed by atoms with Gasteiger partial charge >= 0.3 is 5.97 Å². The molecule has 0 saturated heterocycles. The maximum atomic E-state index is 13.0. The zero-order chi connectivity index (χ0) is 20.9. The fourth-order valence-electron chi connectivity index (χ4n) is 3.13. The van der Waals surface area contributed by atoms with Crippen molar-refractivity contribution in [2.45, 2.75) is 25.7 Å². The standard InChI is InChI=1S/C24H23N3O3/c1-2-30-23(28)15-10-17-8-13-19(14-9-17)25-24(29)22-16-21(18-11-12-18)26-27(22)20-6-4-3-5-7-20/h3-10,13-16,18H,2,11-12H2,1H3,(H,25,29)/b15-10+. The molecule has 1 N–H and O–H groups in total. The minimum atomic E-state index is -0.379. The number of nitrogens with zero attached hydrogens (tertiary/aromatic N) is 2. The van der Waals surface area contributed by atoms with Crippen LogP contribution in [-0.2, 0) is 9.53 Å². The zero-order valence-corrected chi connectivity index (χ0v) is 16.7. The lowest BCUT2D eigenvalue weighted by atomic mass is 10.2. The molecule has 0 unspecified atom stereocenters. The lowest BCUT2D eigenvalue weighted by Crippen LogP contribution is -2.16. The van der Waals surface area contributed by atoms with Gasteiger partial charge in [-0.3, -0.25) is 4.79 Å². The summed E-state index contributed by atoms with van der Waals surface area (Å²) in [6.45, 7) is 2.11. The van der Waals surface area contributed by atoms with Crippen LogP contribution in [0.1, 0.15) is 47.4 Å². The van der Waals surface area contributed by atoms with Crippen molar-refractivity contribution in [3.63, 3.8) is 0 Å². The summed E-state index contributed by atoms with van der Waals surface area (Å²) in [6, 6.07) is 18.8. The van der Waals surface area contributed by atoms with Crippen LogP contribution in [0.15, 0.2) is 66.7 Å². The molecule has 1 amide bonds. The lowest BCUT2D eigenvalue weighted by molar-refractivity contribution is -0.137. The van der Waals surface area contributed by atoms with Crippen LogP contribution < -0.4 is 5.32 Å². The highest BCUT2D eigenvalue weighted by atomic mass is 16.5. The highest BCUT2D eigenvalue weighted by Gasteiger charge is 2.29. The summed E-state index contributed by atoms with van der Waals surface area (Å²) in [5.74, 6) is -0.143. The van der Waals surface area contributed by atoms with Gasteiger partial charge in [0.05, 0.1) is 18.0 Å². The maximum Gasteiger partial charge on any atom is 0.330 e. The third kappa shape index (κ3) is 4.66. The fourth-order valence-corrected chi connectivity index (χ4v) is 3.13. The van der Waals surface area contributed by atoms with Crippen molar-refractivity contribution < 1.29 is 14.3 Å². The first kappa shape index (κ1) is 19.6. The van der Waals surface area contributed by atoms with Crippen LogP contribution in [0.2, 0.25) is 0 Å². The zero-order valence-electron chi connectivity index (χ0n) is 16.7. The second-order valence-electron chi connectivity index (χ2n) is 7.14. The monoisotopic (exact) mass is 401 g/mol. The number of carbonyl (C=O) groups is 2. The highest BCUT2D eigenvalue weighted by molar-refractivity contribution is 6.03.